The van der Waals surface area contributed by atoms with Crippen LogP contribution in [0.15, 0.2) is 48.7 Å². The van der Waals surface area contributed by atoms with Gasteiger partial charge < -0.3 is 15.0 Å². The van der Waals surface area contributed by atoms with Gasteiger partial charge in [-0.05, 0) is 29.8 Å². The number of ether oxygens (including phenoxy) is 1. The summed E-state index contributed by atoms with van der Waals surface area (Å²) in [5.41, 5.74) is 1.58. The van der Waals surface area contributed by atoms with E-state index >= 15 is 0 Å². The maximum absolute atomic E-state index is 13.0. The van der Waals surface area contributed by atoms with Gasteiger partial charge in [0.1, 0.15) is 5.82 Å². The van der Waals surface area contributed by atoms with Gasteiger partial charge in [-0.25, -0.2) is 9.37 Å². The number of fused-ring (bicyclic) bond motifs is 1. The normalized spacial score (nSPS) is 14.2. The molecule has 3 aromatic rings. The average molecular weight is 382 g/mol. The van der Waals surface area contributed by atoms with Crippen molar-refractivity contribution in [2.45, 2.75) is 6.54 Å². The van der Waals surface area contributed by atoms with E-state index in [1.54, 1.807) is 45.8 Å². The van der Waals surface area contributed by atoms with E-state index in [9.17, 15) is 14.0 Å². The van der Waals surface area contributed by atoms with E-state index < -0.39 is 5.91 Å². The Morgan fingerprint density at radius 2 is 1.86 bits per heavy atom. The molecule has 1 aromatic carbocycles. The number of amides is 2. The molecule has 1 aliphatic heterocycles. The Morgan fingerprint density at radius 1 is 1.11 bits per heavy atom. The molecule has 7 nitrogen and oxygen atoms in total. The third-order valence-corrected chi connectivity index (χ3v) is 4.62. The van der Waals surface area contributed by atoms with Gasteiger partial charge in [-0.3, -0.25) is 14.0 Å². The summed E-state index contributed by atoms with van der Waals surface area (Å²) in [7, 11) is 0. The van der Waals surface area contributed by atoms with E-state index in [-0.39, 0.29) is 29.8 Å². The van der Waals surface area contributed by atoms with Crippen LogP contribution in [0.5, 0.6) is 0 Å². The lowest BCUT2D eigenvalue weighted by molar-refractivity contribution is 0.0300. The Hall–Kier alpha value is -3.26. The Bertz CT molecular complexity index is 1010. The van der Waals surface area contributed by atoms with Crippen molar-refractivity contribution >= 4 is 17.3 Å². The van der Waals surface area contributed by atoms with Crippen molar-refractivity contribution in [1.82, 2.24) is 19.6 Å². The zero-order valence-electron chi connectivity index (χ0n) is 15.1. The van der Waals surface area contributed by atoms with E-state index in [1.165, 1.54) is 12.1 Å². The molecule has 8 heteroatoms. The Kier molecular flexibility index (Phi) is 5.03. The first kappa shape index (κ1) is 18.1. The summed E-state index contributed by atoms with van der Waals surface area (Å²) in [6.45, 7) is 2.20. The number of aromatic nitrogens is 2. The predicted octanol–water partition coefficient (Wildman–Crippen LogP) is 1.88. The second-order valence-corrected chi connectivity index (χ2v) is 6.45. The highest BCUT2D eigenvalue weighted by molar-refractivity contribution is 6.02. The van der Waals surface area contributed by atoms with Crippen LogP contribution in [0.3, 0.4) is 0 Å². The molecule has 0 spiro atoms. The number of morpholine rings is 1. The number of carbonyl (C=O) groups excluding carboxylic acids is 2. The molecule has 28 heavy (non-hydrogen) atoms. The van der Waals surface area contributed by atoms with Crippen molar-refractivity contribution in [3.8, 4) is 0 Å². The fourth-order valence-corrected chi connectivity index (χ4v) is 3.14. The fourth-order valence-electron chi connectivity index (χ4n) is 3.14. The zero-order valence-corrected chi connectivity index (χ0v) is 15.1. The highest BCUT2D eigenvalue weighted by Gasteiger charge is 2.26. The number of imidazole rings is 1. The van der Waals surface area contributed by atoms with E-state index in [0.29, 0.717) is 31.8 Å². The van der Waals surface area contributed by atoms with Crippen LogP contribution >= 0.6 is 0 Å². The number of carbonyl (C=O) groups is 2. The number of hydrogen-bond acceptors (Lipinski definition) is 4. The van der Waals surface area contributed by atoms with Gasteiger partial charge in [-0.1, -0.05) is 18.2 Å². The van der Waals surface area contributed by atoms with Gasteiger partial charge in [0.15, 0.2) is 5.69 Å². The van der Waals surface area contributed by atoms with E-state index in [2.05, 4.69) is 10.3 Å². The Morgan fingerprint density at radius 3 is 2.61 bits per heavy atom. The molecule has 0 atom stereocenters. The van der Waals surface area contributed by atoms with Crippen LogP contribution < -0.4 is 5.32 Å². The minimum Gasteiger partial charge on any atom is -0.378 e. The highest BCUT2D eigenvalue weighted by Crippen LogP contribution is 2.16. The smallest absolute Gasteiger partial charge is 0.287 e. The Labute approximate surface area is 160 Å². The van der Waals surface area contributed by atoms with Crippen molar-refractivity contribution in [3.05, 3.63) is 71.6 Å². The summed E-state index contributed by atoms with van der Waals surface area (Å²) >= 11 is 0. The van der Waals surface area contributed by atoms with Crippen molar-refractivity contribution in [3.63, 3.8) is 0 Å². The summed E-state index contributed by atoms with van der Waals surface area (Å²) in [6.07, 6.45) is 1.70. The number of nitrogens with one attached hydrogen (secondary N) is 1. The van der Waals surface area contributed by atoms with Gasteiger partial charge in [0, 0.05) is 25.8 Å². The third-order valence-electron chi connectivity index (χ3n) is 4.62. The lowest BCUT2D eigenvalue weighted by atomic mass is 10.2. The van der Waals surface area contributed by atoms with Gasteiger partial charge in [-0.2, -0.15) is 0 Å². The minimum atomic E-state index is -0.411. The number of benzene rings is 1. The van der Waals surface area contributed by atoms with Gasteiger partial charge in [0.25, 0.3) is 11.8 Å². The van der Waals surface area contributed by atoms with Gasteiger partial charge in [-0.15, -0.1) is 0 Å². The molecule has 0 radical (unpaired) electrons. The molecular formula is C20H19FN4O3. The molecule has 4 rings (SSSR count). The number of nitrogens with zero attached hydrogens (tertiary/aromatic N) is 3. The summed E-state index contributed by atoms with van der Waals surface area (Å²) in [5.74, 6) is -0.828. The van der Waals surface area contributed by atoms with Crippen LogP contribution in [0, 0.1) is 5.82 Å². The SMILES string of the molecule is O=C(NCc1ccc(F)cc1)c1nc(C(=O)N2CCOCC2)c2ccccn12. The summed E-state index contributed by atoms with van der Waals surface area (Å²) in [6, 6.07) is 11.2. The maximum atomic E-state index is 13.0. The molecule has 0 bridgehead atoms. The monoisotopic (exact) mass is 382 g/mol. The van der Waals surface area contributed by atoms with Crippen molar-refractivity contribution in [1.29, 1.82) is 0 Å². The second-order valence-electron chi connectivity index (χ2n) is 6.45. The number of rotatable bonds is 4. The molecule has 144 valence electrons. The predicted molar refractivity (Wildman–Crippen MR) is 99.5 cm³/mol. The molecule has 2 amide bonds. The number of hydrogen-bond donors (Lipinski definition) is 1. The van der Waals surface area contributed by atoms with Gasteiger partial charge in [0.2, 0.25) is 5.82 Å². The Balaban J connectivity index is 1.59. The molecule has 0 unspecified atom stereocenters. The van der Waals surface area contributed by atoms with Crippen LogP contribution in [0.2, 0.25) is 0 Å². The van der Waals surface area contributed by atoms with Crippen molar-refractivity contribution in [2.75, 3.05) is 26.3 Å². The molecular weight excluding hydrogens is 363 g/mol. The van der Waals surface area contributed by atoms with Gasteiger partial charge >= 0.3 is 0 Å². The lowest BCUT2D eigenvalue weighted by Crippen LogP contribution is -2.41. The van der Waals surface area contributed by atoms with Crippen LogP contribution in [0.4, 0.5) is 4.39 Å². The highest BCUT2D eigenvalue weighted by atomic mass is 19.1. The van der Waals surface area contributed by atoms with Crippen LogP contribution in [-0.2, 0) is 11.3 Å². The lowest BCUT2D eigenvalue weighted by Gasteiger charge is -2.26. The van der Waals surface area contributed by atoms with E-state index in [1.807, 2.05) is 0 Å². The maximum Gasteiger partial charge on any atom is 0.287 e. The molecule has 2 aromatic heterocycles. The molecule has 0 saturated carbocycles. The first-order chi connectivity index (χ1) is 13.6. The first-order valence-corrected chi connectivity index (χ1v) is 9.00. The molecule has 1 N–H and O–H groups in total. The number of halogens is 1. The van der Waals surface area contributed by atoms with E-state index in [0.717, 1.165) is 5.56 Å². The molecule has 1 saturated heterocycles. The van der Waals surface area contributed by atoms with Gasteiger partial charge in [0.05, 0.1) is 18.7 Å². The molecule has 1 aliphatic rings. The average Bonchev–Trinajstić information content (AvgIpc) is 3.13. The molecule has 0 aliphatic carbocycles. The van der Waals surface area contributed by atoms with Crippen LogP contribution in [0.1, 0.15) is 26.7 Å². The first-order valence-electron chi connectivity index (χ1n) is 9.00. The second kappa shape index (κ2) is 7.77. The van der Waals surface area contributed by atoms with Crippen LogP contribution in [-0.4, -0.2) is 52.4 Å². The standard InChI is InChI=1S/C20H19FN4O3/c21-15-6-4-14(5-7-15)13-22-19(26)18-23-17(16-3-1-2-8-25(16)18)20(27)24-9-11-28-12-10-24/h1-8H,9-13H2,(H,22,26). The van der Waals surface area contributed by atoms with Crippen LogP contribution in [0.25, 0.3) is 5.52 Å². The topological polar surface area (TPSA) is 75.9 Å². The fraction of sp³-hybridized carbons (Fsp3) is 0.250. The molecule has 1 fully saturated rings. The van der Waals surface area contributed by atoms with Crippen molar-refractivity contribution in [2.24, 2.45) is 0 Å². The summed E-state index contributed by atoms with van der Waals surface area (Å²) in [4.78, 5) is 31.6. The van der Waals surface area contributed by atoms with Crippen molar-refractivity contribution < 1.29 is 18.7 Å². The van der Waals surface area contributed by atoms with E-state index in [4.69, 9.17) is 4.74 Å². The molecule has 3 heterocycles. The minimum absolute atomic E-state index is 0.134. The third kappa shape index (κ3) is 3.59. The zero-order chi connectivity index (χ0) is 19.5. The summed E-state index contributed by atoms with van der Waals surface area (Å²) in [5, 5.41) is 2.77. The summed E-state index contributed by atoms with van der Waals surface area (Å²) < 4.78 is 19.9. The number of pyridine rings is 1. The quantitative estimate of drug-likeness (QED) is 0.748. The largest absolute Gasteiger partial charge is 0.378 e.